The molecule has 6 heteroatoms. The molecule has 1 aliphatic rings. The van der Waals surface area contributed by atoms with E-state index in [2.05, 4.69) is 33.9 Å². The fourth-order valence-electron chi connectivity index (χ4n) is 4.29. The predicted octanol–water partition coefficient (Wildman–Crippen LogP) is 4.67. The Morgan fingerprint density at radius 3 is 2.47 bits per heavy atom. The van der Waals surface area contributed by atoms with Crippen LogP contribution in [0.3, 0.4) is 0 Å². The molecule has 2 aromatic heterocycles. The molecule has 0 atom stereocenters. The van der Waals surface area contributed by atoms with Crippen molar-refractivity contribution in [2.45, 2.75) is 40.0 Å². The Bertz CT molecular complexity index is 1100. The summed E-state index contributed by atoms with van der Waals surface area (Å²) in [7, 11) is 0. The van der Waals surface area contributed by atoms with Crippen molar-refractivity contribution in [1.29, 1.82) is 0 Å². The zero-order chi connectivity index (χ0) is 21.3. The fraction of sp³-hybridized carbons (Fsp3) is 0.375. The molecule has 0 saturated carbocycles. The Morgan fingerprint density at radius 2 is 1.83 bits per heavy atom. The third kappa shape index (κ3) is 4.41. The molecule has 0 bridgehead atoms. The molecule has 156 valence electrons. The first-order valence-corrected chi connectivity index (χ1v) is 10.8. The van der Waals surface area contributed by atoms with Gasteiger partial charge >= 0.3 is 0 Å². The smallest absolute Gasteiger partial charge is 0.258 e. The van der Waals surface area contributed by atoms with Crippen LogP contribution in [-0.4, -0.2) is 27.6 Å². The molecule has 0 aliphatic carbocycles. The van der Waals surface area contributed by atoms with Gasteiger partial charge in [0.05, 0.1) is 11.9 Å². The molecule has 0 spiro atoms. The minimum atomic E-state index is -0.0761. The lowest BCUT2D eigenvalue weighted by atomic mass is 9.90. The molecule has 30 heavy (non-hydrogen) atoms. The van der Waals surface area contributed by atoms with Gasteiger partial charge in [0.15, 0.2) is 0 Å². The number of rotatable bonds is 4. The van der Waals surface area contributed by atoms with Gasteiger partial charge in [-0.25, -0.2) is 9.97 Å². The van der Waals surface area contributed by atoms with E-state index in [1.54, 1.807) is 16.8 Å². The summed E-state index contributed by atoms with van der Waals surface area (Å²) in [6, 6.07) is 11.9. The second-order valence-corrected chi connectivity index (χ2v) is 8.62. The summed E-state index contributed by atoms with van der Waals surface area (Å²) in [5.74, 6) is 2.32. The summed E-state index contributed by atoms with van der Waals surface area (Å²) in [6.07, 6.45) is 5.15. The first kappa shape index (κ1) is 20.6. The molecule has 0 N–H and O–H groups in total. The number of hydrogen-bond acceptors (Lipinski definition) is 4. The normalized spacial score (nSPS) is 14.9. The third-order valence-electron chi connectivity index (χ3n) is 5.89. The van der Waals surface area contributed by atoms with Crippen LogP contribution in [0.5, 0.6) is 0 Å². The number of aromatic nitrogens is 3. The van der Waals surface area contributed by atoms with Gasteiger partial charge in [-0.2, -0.15) is 0 Å². The standard InChI is InChI=1S/C24H27ClN4O/c1-16-12-20(4-6-22(16)25)14-19-8-10-28(11-9-19)23-7-5-21(15-26-23)29-18(3)27-17(2)13-24(29)30/h4-7,12-13,15,19H,8-11,14H2,1-3H3. The van der Waals surface area contributed by atoms with Crippen LogP contribution in [0.4, 0.5) is 5.82 Å². The van der Waals surface area contributed by atoms with Gasteiger partial charge in [0, 0.05) is 29.9 Å². The van der Waals surface area contributed by atoms with E-state index in [9.17, 15) is 4.79 Å². The van der Waals surface area contributed by atoms with Gasteiger partial charge in [0.1, 0.15) is 11.6 Å². The molecular weight excluding hydrogens is 396 g/mol. The van der Waals surface area contributed by atoms with Crippen LogP contribution < -0.4 is 10.5 Å². The number of pyridine rings is 1. The molecule has 5 nitrogen and oxygen atoms in total. The SMILES string of the molecule is Cc1cc(=O)n(-c2ccc(N3CCC(Cc4ccc(Cl)c(C)c4)CC3)nc2)c(C)n1. The van der Waals surface area contributed by atoms with Crippen LogP contribution in [0.25, 0.3) is 5.69 Å². The van der Waals surface area contributed by atoms with Gasteiger partial charge in [0.25, 0.3) is 5.56 Å². The molecule has 0 unspecified atom stereocenters. The number of anilines is 1. The highest BCUT2D eigenvalue weighted by molar-refractivity contribution is 6.31. The summed E-state index contributed by atoms with van der Waals surface area (Å²) in [5, 5.41) is 0.835. The van der Waals surface area contributed by atoms with Gasteiger partial charge in [-0.15, -0.1) is 0 Å². The highest BCUT2D eigenvalue weighted by Gasteiger charge is 2.21. The van der Waals surface area contributed by atoms with Gasteiger partial charge < -0.3 is 4.90 Å². The van der Waals surface area contributed by atoms with Crippen molar-refractivity contribution < 1.29 is 0 Å². The highest BCUT2D eigenvalue weighted by atomic mass is 35.5. The largest absolute Gasteiger partial charge is 0.357 e. The topological polar surface area (TPSA) is 51.0 Å². The second kappa shape index (κ2) is 8.60. The van der Waals surface area contributed by atoms with Crippen molar-refractivity contribution in [1.82, 2.24) is 14.5 Å². The van der Waals surface area contributed by atoms with E-state index in [0.29, 0.717) is 11.7 Å². The molecule has 1 aromatic carbocycles. The van der Waals surface area contributed by atoms with Gasteiger partial charge in [-0.3, -0.25) is 9.36 Å². The lowest BCUT2D eigenvalue weighted by molar-refractivity contribution is 0.402. The van der Waals surface area contributed by atoms with Gasteiger partial charge in [-0.05, 0) is 75.3 Å². The Balaban J connectivity index is 1.40. The number of halogens is 1. The quantitative estimate of drug-likeness (QED) is 0.613. The molecule has 0 amide bonds. The molecular formula is C24H27ClN4O. The molecule has 0 radical (unpaired) electrons. The maximum atomic E-state index is 12.4. The van der Waals surface area contributed by atoms with Crippen LogP contribution in [0.2, 0.25) is 5.02 Å². The molecule has 3 heterocycles. The van der Waals surface area contributed by atoms with Crippen molar-refractivity contribution in [2.75, 3.05) is 18.0 Å². The Kier molecular flexibility index (Phi) is 5.91. The fourth-order valence-corrected chi connectivity index (χ4v) is 4.40. The molecule has 1 fully saturated rings. The molecule has 1 aliphatic heterocycles. The second-order valence-electron chi connectivity index (χ2n) is 8.21. The number of benzene rings is 1. The Hall–Kier alpha value is -2.66. The van der Waals surface area contributed by atoms with E-state index in [-0.39, 0.29) is 5.56 Å². The van der Waals surface area contributed by atoms with Crippen molar-refractivity contribution in [3.05, 3.63) is 80.6 Å². The van der Waals surface area contributed by atoms with E-state index in [0.717, 1.165) is 60.1 Å². The predicted molar refractivity (Wildman–Crippen MR) is 122 cm³/mol. The lowest BCUT2D eigenvalue weighted by Crippen LogP contribution is -2.34. The maximum Gasteiger partial charge on any atom is 0.258 e. The number of nitrogens with zero attached hydrogens (tertiary/aromatic N) is 4. The first-order chi connectivity index (χ1) is 14.4. The Labute approximate surface area is 182 Å². The van der Waals surface area contributed by atoms with Crippen molar-refractivity contribution >= 4 is 17.4 Å². The van der Waals surface area contributed by atoms with Gasteiger partial charge in [0.2, 0.25) is 0 Å². The summed E-state index contributed by atoms with van der Waals surface area (Å²) in [6.45, 7) is 7.72. The van der Waals surface area contributed by atoms with Crippen LogP contribution in [0.1, 0.15) is 35.5 Å². The highest BCUT2D eigenvalue weighted by Crippen LogP contribution is 2.26. The minimum absolute atomic E-state index is 0.0761. The zero-order valence-electron chi connectivity index (χ0n) is 17.7. The van der Waals surface area contributed by atoms with Gasteiger partial charge in [-0.1, -0.05) is 23.7 Å². The van der Waals surface area contributed by atoms with E-state index in [4.69, 9.17) is 11.6 Å². The van der Waals surface area contributed by atoms with E-state index in [1.165, 1.54) is 5.56 Å². The number of aryl methyl sites for hydroxylation is 3. The summed E-state index contributed by atoms with van der Waals surface area (Å²) < 4.78 is 1.60. The summed E-state index contributed by atoms with van der Waals surface area (Å²) in [5.41, 5.74) is 3.92. The maximum absolute atomic E-state index is 12.4. The van der Waals surface area contributed by atoms with E-state index < -0.39 is 0 Å². The number of piperidine rings is 1. The van der Waals surface area contributed by atoms with E-state index in [1.807, 2.05) is 32.0 Å². The average Bonchev–Trinajstić information content (AvgIpc) is 2.71. The molecule has 3 aromatic rings. The summed E-state index contributed by atoms with van der Waals surface area (Å²) >= 11 is 6.15. The van der Waals surface area contributed by atoms with Crippen LogP contribution >= 0.6 is 11.6 Å². The minimum Gasteiger partial charge on any atom is -0.357 e. The van der Waals surface area contributed by atoms with E-state index >= 15 is 0 Å². The van der Waals surface area contributed by atoms with Crippen LogP contribution in [0, 0.1) is 26.7 Å². The van der Waals surface area contributed by atoms with Crippen molar-refractivity contribution in [2.24, 2.45) is 5.92 Å². The van der Waals surface area contributed by atoms with Crippen LogP contribution in [-0.2, 0) is 6.42 Å². The van der Waals surface area contributed by atoms with Crippen molar-refractivity contribution in [3.8, 4) is 5.69 Å². The molecule has 1 saturated heterocycles. The monoisotopic (exact) mass is 422 g/mol. The molecule has 4 rings (SSSR count). The number of hydrogen-bond donors (Lipinski definition) is 0. The van der Waals surface area contributed by atoms with Crippen LogP contribution in [0.15, 0.2) is 47.4 Å². The van der Waals surface area contributed by atoms with Crippen molar-refractivity contribution in [3.63, 3.8) is 0 Å². The summed E-state index contributed by atoms with van der Waals surface area (Å²) in [4.78, 5) is 23.7. The lowest BCUT2D eigenvalue weighted by Gasteiger charge is -2.33. The zero-order valence-corrected chi connectivity index (χ0v) is 18.5. The Morgan fingerprint density at radius 1 is 1.07 bits per heavy atom. The first-order valence-electron chi connectivity index (χ1n) is 10.4. The third-order valence-corrected chi connectivity index (χ3v) is 6.31. The average molecular weight is 423 g/mol.